The third-order valence-electron chi connectivity index (χ3n) is 10.3. The monoisotopic (exact) mass is 706 g/mol. The van der Waals surface area contributed by atoms with Gasteiger partial charge in [0.1, 0.15) is 46.0 Å². The number of para-hydroxylation sites is 2. The van der Waals surface area contributed by atoms with Crippen molar-refractivity contribution in [3.05, 3.63) is 145 Å². The average Bonchev–Trinajstić information content (AvgIpc) is 3.14. The van der Waals surface area contributed by atoms with E-state index in [4.69, 9.17) is 18.9 Å². The highest BCUT2D eigenvalue weighted by molar-refractivity contribution is 8.01. The van der Waals surface area contributed by atoms with Gasteiger partial charge in [-0.3, -0.25) is 0 Å². The second-order valence-electron chi connectivity index (χ2n) is 13.8. The molecule has 52 heavy (non-hydrogen) atoms. The average molecular weight is 706 g/mol. The molecule has 4 nitrogen and oxygen atoms in total. The Balaban J connectivity index is 1.09. The van der Waals surface area contributed by atoms with Crippen LogP contribution in [0.3, 0.4) is 0 Å². The second kappa shape index (κ2) is 11.5. The summed E-state index contributed by atoms with van der Waals surface area (Å²) in [6, 6.07) is 46.4. The third-order valence-corrected chi connectivity index (χ3v) is 12.6. The van der Waals surface area contributed by atoms with Crippen molar-refractivity contribution in [1.29, 1.82) is 0 Å². The van der Waals surface area contributed by atoms with Gasteiger partial charge in [-0.2, -0.15) is 0 Å². The summed E-state index contributed by atoms with van der Waals surface area (Å²) in [4.78, 5) is 4.80. The van der Waals surface area contributed by atoms with Crippen LogP contribution in [0.4, 0.5) is 0 Å². The van der Waals surface area contributed by atoms with Gasteiger partial charge in [-0.25, -0.2) is 0 Å². The van der Waals surface area contributed by atoms with E-state index in [1.165, 1.54) is 53.7 Å². The number of rotatable bonds is 4. The normalized spacial score (nSPS) is 13.7. The minimum Gasteiger partial charge on any atom is -0.458 e. The first-order valence-corrected chi connectivity index (χ1v) is 19.1. The lowest BCUT2D eigenvalue weighted by atomic mass is 9.32. The van der Waals surface area contributed by atoms with E-state index >= 15 is 0 Å². The summed E-state index contributed by atoms with van der Waals surface area (Å²) < 4.78 is 26.2. The molecule has 0 saturated heterocycles. The molecule has 7 aromatic carbocycles. The molecule has 0 spiro atoms. The lowest BCUT2D eigenvalue weighted by Gasteiger charge is -2.37. The van der Waals surface area contributed by atoms with Crippen LogP contribution < -0.4 is 51.7 Å². The molecule has 0 N–H and O–H groups in total. The smallest absolute Gasteiger partial charge is 0.253 e. The van der Waals surface area contributed by atoms with E-state index in [0.29, 0.717) is 0 Å². The minimum absolute atomic E-state index is 0.0199. The molecule has 8 heteroatoms. The highest BCUT2D eigenvalue weighted by atomic mass is 32.2. The van der Waals surface area contributed by atoms with Gasteiger partial charge in [0, 0.05) is 31.7 Å². The van der Waals surface area contributed by atoms with Crippen LogP contribution in [0.2, 0.25) is 0 Å². The van der Waals surface area contributed by atoms with E-state index in [9.17, 15) is 0 Å². The Kier molecular flexibility index (Phi) is 6.71. The summed E-state index contributed by atoms with van der Waals surface area (Å²) in [5, 5.41) is 0. The number of hydrogen-bond donors (Lipinski definition) is 0. The van der Waals surface area contributed by atoms with Crippen molar-refractivity contribution in [3.63, 3.8) is 0 Å². The molecular formula is C44H28B2O4S2. The largest absolute Gasteiger partial charge is 0.458 e. The lowest BCUT2D eigenvalue weighted by Crippen LogP contribution is -2.62. The van der Waals surface area contributed by atoms with Crippen molar-refractivity contribution < 1.29 is 18.9 Å². The maximum atomic E-state index is 6.71. The zero-order valence-electron chi connectivity index (χ0n) is 28.3. The van der Waals surface area contributed by atoms with Crippen molar-refractivity contribution >= 4 is 69.7 Å². The van der Waals surface area contributed by atoms with Gasteiger partial charge in [-0.05, 0) is 101 Å². The molecule has 0 unspecified atom stereocenters. The molecule has 4 aliphatic heterocycles. The van der Waals surface area contributed by atoms with E-state index in [0.717, 1.165) is 55.8 Å². The summed E-state index contributed by atoms with van der Waals surface area (Å²) in [7, 11) is 0. The Morgan fingerprint density at radius 2 is 0.865 bits per heavy atom. The summed E-state index contributed by atoms with van der Waals surface area (Å²) in [6.45, 7) is 4.28. The van der Waals surface area contributed by atoms with E-state index in [2.05, 4.69) is 86.6 Å². The van der Waals surface area contributed by atoms with Crippen LogP contribution in [0.25, 0.3) is 0 Å². The molecule has 7 aromatic rings. The SMILES string of the molecule is Cc1ccc2c(c1)Oc1cc(Oc3ccccc3)cc3c1B2c1cc2c(cc1S3)Sc1cc(Oc3ccccc3)cc3c1B2c1ccc(C)cc1O3. The molecule has 11 rings (SSSR count). The van der Waals surface area contributed by atoms with Gasteiger partial charge in [0.25, 0.3) is 13.4 Å². The van der Waals surface area contributed by atoms with Crippen LogP contribution in [0.15, 0.2) is 153 Å². The van der Waals surface area contributed by atoms with Crippen LogP contribution in [0, 0.1) is 13.8 Å². The van der Waals surface area contributed by atoms with Gasteiger partial charge in [0.15, 0.2) is 0 Å². The molecule has 0 atom stereocenters. The summed E-state index contributed by atoms with van der Waals surface area (Å²) in [5.41, 5.74) is 9.71. The van der Waals surface area contributed by atoms with Crippen LogP contribution >= 0.6 is 23.5 Å². The van der Waals surface area contributed by atoms with Crippen LogP contribution in [-0.4, -0.2) is 13.4 Å². The Bertz CT molecular complexity index is 2450. The van der Waals surface area contributed by atoms with Crippen molar-refractivity contribution in [2.45, 2.75) is 33.4 Å². The zero-order valence-corrected chi connectivity index (χ0v) is 29.9. The highest BCUT2D eigenvalue weighted by Crippen LogP contribution is 2.44. The summed E-state index contributed by atoms with van der Waals surface area (Å²) >= 11 is 3.60. The van der Waals surface area contributed by atoms with Crippen molar-refractivity contribution in [2.24, 2.45) is 0 Å². The van der Waals surface area contributed by atoms with E-state index in [-0.39, 0.29) is 13.4 Å². The predicted molar refractivity (Wildman–Crippen MR) is 212 cm³/mol. The number of benzene rings is 7. The van der Waals surface area contributed by atoms with Crippen molar-refractivity contribution in [3.8, 4) is 46.0 Å². The Morgan fingerprint density at radius 1 is 0.404 bits per heavy atom. The van der Waals surface area contributed by atoms with Crippen molar-refractivity contribution in [2.75, 3.05) is 0 Å². The van der Waals surface area contributed by atoms with Gasteiger partial charge in [0.2, 0.25) is 0 Å². The molecule has 0 bridgehead atoms. The quantitative estimate of drug-likeness (QED) is 0.173. The predicted octanol–water partition coefficient (Wildman–Crippen LogP) is 8.06. The number of hydrogen-bond acceptors (Lipinski definition) is 6. The molecule has 0 aromatic heterocycles. The first-order valence-electron chi connectivity index (χ1n) is 17.4. The summed E-state index contributed by atoms with van der Waals surface area (Å²) in [6.07, 6.45) is 0. The van der Waals surface area contributed by atoms with Gasteiger partial charge in [0.05, 0.1) is 0 Å². The number of fused-ring (bicyclic) bond motifs is 8. The van der Waals surface area contributed by atoms with E-state index in [1.807, 2.05) is 60.7 Å². The fourth-order valence-electron chi connectivity index (χ4n) is 8.02. The maximum absolute atomic E-state index is 6.71. The maximum Gasteiger partial charge on any atom is 0.253 e. The van der Waals surface area contributed by atoms with Crippen LogP contribution in [0.5, 0.6) is 46.0 Å². The van der Waals surface area contributed by atoms with Crippen molar-refractivity contribution in [1.82, 2.24) is 0 Å². The Morgan fingerprint density at radius 3 is 1.33 bits per heavy atom. The Labute approximate surface area is 311 Å². The first-order chi connectivity index (χ1) is 25.5. The van der Waals surface area contributed by atoms with E-state index in [1.54, 1.807) is 23.5 Å². The summed E-state index contributed by atoms with van der Waals surface area (Å²) in [5.74, 6) is 6.62. The topological polar surface area (TPSA) is 36.9 Å². The third kappa shape index (κ3) is 4.81. The molecule has 0 saturated carbocycles. The molecule has 0 aliphatic carbocycles. The number of aryl methyl sites for hydroxylation is 2. The zero-order chi connectivity index (χ0) is 34.5. The van der Waals surface area contributed by atoms with Crippen LogP contribution in [0.1, 0.15) is 11.1 Å². The van der Waals surface area contributed by atoms with Gasteiger partial charge >= 0.3 is 0 Å². The molecule has 246 valence electrons. The lowest BCUT2D eigenvalue weighted by molar-refractivity contribution is 0.460. The van der Waals surface area contributed by atoms with Gasteiger partial charge in [-0.1, -0.05) is 101 Å². The van der Waals surface area contributed by atoms with Gasteiger partial charge in [-0.15, -0.1) is 0 Å². The minimum atomic E-state index is 0.0199. The standard InChI is InChI=1S/C44H28B2O4S2/c1-25-13-15-31-35(17-25)49-37-19-29(47-27-9-5-3-6-10-27)21-41-43(37)45(31)33-23-34-40(24-39(33)51-41)52-42-22-30(48-28-11-7-4-8-12-28)20-38-44(42)46(34)32-16-14-26(2)18-36(32)50-38/h3-24H,1-2H3. The molecule has 0 amide bonds. The molecule has 4 heterocycles. The number of ether oxygens (including phenoxy) is 4. The molecule has 0 fully saturated rings. The molecule has 0 radical (unpaired) electrons. The molecule has 4 aliphatic rings. The van der Waals surface area contributed by atoms with Gasteiger partial charge < -0.3 is 18.9 Å². The molecular weight excluding hydrogens is 678 g/mol. The Hall–Kier alpha value is -5.43. The second-order valence-corrected chi connectivity index (χ2v) is 15.9. The first kappa shape index (κ1) is 30.2. The highest BCUT2D eigenvalue weighted by Gasteiger charge is 2.44. The van der Waals surface area contributed by atoms with E-state index < -0.39 is 0 Å². The fraction of sp³-hybridized carbons (Fsp3) is 0.0455. The fourth-order valence-corrected chi connectivity index (χ4v) is 10.5. The van der Waals surface area contributed by atoms with Crippen LogP contribution in [-0.2, 0) is 0 Å².